The first-order chi connectivity index (χ1) is 17.6. The van der Waals surface area contributed by atoms with Crippen LogP contribution in [0.15, 0.2) is 30.3 Å². The molecule has 1 aromatic heterocycles. The molecule has 8 heteroatoms. The number of alkyl halides is 2. The van der Waals surface area contributed by atoms with Crippen LogP contribution in [0.2, 0.25) is 0 Å². The van der Waals surface area contributed by atoms with Crippen LogP contribution in [0.1, 0.15) is 78.4 Å². The molecule has 2 saturated heterocycles. The number of nitrogens with zero attached hydrogens (tertiary/aromatic N) is 2. The van der Waals surface area contributed by atoms with Crippen molar-refractivity contribution in [3.63, 3.8) is 0 Å². The Bertz CT molecular complexity index is 1070. The highest BCUT2D eigenvalue weighted by molar-refractivity contribution is 7.12. The van der Waals surface area contributed by atoms with E-state index in [4.69, 9.17) is 0 Å². The lowest BCUT2D eigenvalue weighted by Gasteiger charge is -2.46. The van der Waals surface area contributed by atoms with Crippen LogP contribution in [0, 0.1) is 11.8 Å². The molecule has 0 bridgehead atoms. The van der Waals surface area contributed by atoms with Crippen LogP contribution in [0.5, 0.6) is 0 Å². The van der Waals surface area contributed by atoms with E-state index in [0.29, 0.717) is 18.4 Å². The Labute approximate surface area is 216 Å². The fourth-order valence-electron chi connectivity index (χ4n) is 7.70. The molecular formula is C28H38F2N4OS+2. The molecule has 2 aromatic rings. The van der Waals surface area contributed by atoms with Crippen molar-refractivity contribution < 1.29 is 24.2 Å². The van der Waals surface area contributed by atoms with Crippen molar-refractivity contribution in [2.45, 2.75) is 75.3 Å². The van der Waals surface area contributed by atoms with Crippen LogP contribution in [-0.4, -0.2) is 48.0 Å². The van der Waals surface area contributed by atoms with Gasteiger partial charge < -0.3 is 15.5 Å². The van der Waals surface area contributed by atoms with E-state index in [1.54, 1.807) is 0 Å². The number of rotatable bonds is 4. The van der Waals surface area contributed by atoms with Crippen LogP contribution in [0.25, 0.3) is 0 Å². The molecule has 3 aliphatic heterocycles. The Morgan fingerprint density at radius 2 is 1.86 bits per heavy atom. The topological polar surface area (TPSA) is 66.4 Å². The summed E-state index contributed by atoms with van der Waals surface area (Å²) in [5.41, 5.74) is 1.79. The monoisotopic (exact) mass is 516 g/mol. The van der Waals surface area contributed by atoms with Crippen molar-refractivity contribution in [1.29, 1.82) is 0 Å². The van der Waals surface area contributed by atoms with Gasteiger partial charge in [-0.2, -0.15) is 0 Å². The number of fused-ring (bicyclic) bond motifs is 2. The summed E-state index contributed by atoms with van der Waals surface area (Å²) >= 11 is 1.16. The van der Waals surface area contributed by atoms with E-state index >= 15 is 0 Å². The number of quaternary nitrogens is 2. The summed E-state index contributed by atoms with van der Waals surface area (Å²) in [6, 6.07) is 11.1. The van der Waals surface area contributed by atoms with Crippen LogP contribution < -0.4 is 10.6 Å². The van der Waals surface area contributed by atoms with E-state index in [1.807, 2.05) is 0 Å². The minimum atomic E-state index is -2.55. The molecule has 4 aliphatic rings. The summed E-state index contributed by atoms with van der Waals surface area (Å²) in [7, 11) is 0. The second-order valence-corrected chi connectivity index (χ2v) is 12.4. The zero-order valence-corrected chi connectivity index (χ0v) is 21.7. The van der Waals surface area contributed by atoms with Gasteiger partial charge in [-0.3, -0.25) is 4.79 Å². The number of aromatic nitrogens is 1. The molecule has 1 aliphatic carbocycles. The molecular weight excluding hydrogens is 478 g/mol. The fourth-order valence-corrected chi connectivity index (χ4v) is 8.92. The lowest BCUT2D eigenvalue weighted by Crippen LogP contribution is -2.91. The smallest absolute Gasteiger partial charge is 0.289 e. The molecule has 4 N–H and O–H groups in total. The van der Waals surface area contributed by atoms with Crippen LogP contribution in [0.4, 0.5) is 8.78 Å². The van der Waals surface area contributed by atoms with Gasteiger partial charge in [-0.05, 0) is 43.1 Å². The van der Waals surface area contributed by atoms with E-state index in [2.05, 4.69) is 50.8 Å². The minimum Gasteiger partial charge on any atom is -0.345 e. The van der Waals surface area contributed by atoms with Gasteiger partial charge >= 0.3 is 0 Å². The number of carbonyl (C=O) groups excluding carboxylic acids is 1. The van der Waals surface area contributed by atoms with Gasteiger partial charge in [0.05, 0.1) is 24.5 Å². The first-order valence-electron chi connectivity index (χ1n) is 13.8. The highest BCUT2D eigenvalue weighted by atomic mass is 32.1. The Morgan fingerprint density at radius 1 is 1.08 bits per heavy atom. The van der Waals surface area contributed by atoms with E-state index in [0.717, 1.165) is 60.9 Å². The SMILES string of the molecule is O=C(C1C[NH2+]C[C@]12C[NH2+]Cc1nc(C(F)F)sc12)N1CC[C@@H](c2ccccc2)C[C@H]1C1CCCCC1. The third-order valence-electron chi connectivity index (χ3n) is 9.47. The zero-order chi connectivity index (χ0) is 24.7. The quantitative estimate of drug-likeness (QED) is 0.656. The predicted molar refractivity (Wildman–Crippen MR) is 135 cm³/mol. The largest absolute Gasteiger partial charge is 0.345 e. The van der Waals surface area contributed by atoms with Gasteiger partial charge in [-0.1, -0.05) is 49.6 Å². The molecule has 4 heterocycles. The number of likely N-dealkylation sites (tertiary alicyclic amines) is 1. The van der Waals surface area contributed by atoms with Crippen molar-refractivity contribution in [1.82, 2.24) is 9.88 Å². The van der Waals surface area contributed by atoms with Gasteiger partial charge in [-0.15, -0.1) is 11.3 Å². The molecule has 6 rings (SSSR count). The van der Waals surface area contributed by atoms with Crippen molar-refractivity contribution in [3.8, 4) is 0 Å². The molecule has 1 aromatic carbocycles. The van der Waals surface area contributed by atoms with Crippen LogP contribution in [-0.2, 0) is 16.8 Å². The van der Waals surface area contributed by atoms with E-state index in [9.17, 15) is 13.6 Å². The lowest BCUT2D eigenvalue weighted by atomic mass is 9.71. The average molecular weight is 517 g/mol. The Morgan fingerprint density at radius 3 is 2.64 bits per heavy atom. The molecule has 3 fully saturated rings. The molecule has 1 amide bonds. The average Bonchev–Trinajstić information content (AvgIpc) is 3.55. The molecule has 5 nitrogen and oxygen atoms in total. The maximum Gasteiger partial charge on any atom is 0.289 e. The summed E-state index contributed by atoms with van der Waals surface area (Å²) in [5.74, 6) is 1.16. The predicted octanol–water partition coefficient (Wildman–Crippen LogP) is 2.94. The number of halogens is 2. The van der Waals surface area contributed by atoms with Gasteiger partial charge in [-0.25, -0.2) is 13.8 Å². The van der Waals surface area contributed by atoms with Crippen LogP contribution in [0.3, 0.4) is 0 Å². The van der Waals surface area contributed by atoms with E-state index in [-0.39, 0.29) is 28.3 Å². The number of hydrogen-bond donors (Lipinski definition) is 2. The summed E-state index contributed by atoms with van der Waals surface area (Å²) < 4.78 is 27.1. The molecule has 194 valence electrons. The number of carbonyl (C=O) groups is 1. The number of amides is 1. The molecule has 1 unspecified atom stereocenters. The fraction of sp³-hybridized carbons (Fsp3) is 0.643. The van der Waals surface area contributed by atoms with Crippen molar-refractivity contribution in [3.05, 3.63) is 51.5 Å². The number of nitrogens with two attached hydrogens (primary N) is 2. The molecule has 0 radical (unpaired) electrons. The van der Waals surface area contributed by atoms with Gasteiger partial charge in [0, 0.05) is 12.6 Å². The van der Waals surface area contributed by atoms with Crippen molar-refractivity contribution in [2.75, 3.05) is 26.2 Å². The number of piperidine rings is 1. The third-order valence-corrected chi connectivity index (χ3v) is 10.8. The standard InChI is InChI=1S/C28H36F2N4OS/c29-25(30)26-33-22-15-32-17-28(24(22)36-26)16-31-14-21(28)27(35)34-12-11-20(18-7-3-1-4-8-18)13-23(34)19-9-5-2-6-10-19/h1,3-4,7-8,19-21,23,25,31-32H,2,5-6,9-17H2/p+2/t20-,21?,23+,28+/m1/s1. The Balaban J connectivity index is 1.30. The van der Waals surface area contributed by atoms with E-state index < -0.39 is 6.43 Å². The summed E-state index contributed by atoms with van der Waals surface area (Å²) in [6.45, 7) is 3.74. The third kappa shape index (κ3) is 4.29. The summed E-state index contributed by atoms with van der Waals surface area (Å²) in [4.78, 5) is 22.0. The van der Waals surface area contributed by atoms with Gasteiger partial charge in [0.2, 0.25) is 5.91 Å². The van der Waals surface area contributed by atoms with E-state index in [1.165, 1.54) is 37.7 Å². The van der Waals surface area contributed by atoms with Gasteiger partial charge in [0.1, 0.15) is 23.6 Å². The first-order valence-corrected chi connectivity index (χ1v) is 14.7. The number of hydrogen-bond acceptors (Lipinski definition) is 3. The van der Waals surface area contributed by atoms with Crippen LogP contribution >= 0.6 is 11.3 Å². The molecule has 1 saturated carbocycles. The second-order valence-electron chi connectivity index (χ2n) is 11.4. The highest BCUT2D eigenvalue weighted by Gasteiger charge is 2.58. The Kier molecular flexibility index (Phi) is 6.86. The molecule has 1 spiro atoms. The molecule has 4 atom stereocenters. The number of benzene rings is 1. The van der Waals surface area contributed by atoms with Crippen molar-refractivity contribution >= 4 is 17.2 Å². The summed E-state index contributed by atoms with van der Waals surface area (Å²) in [6.07, 6.45) is 5.73. The Hall–Kier alpha value is -1.90. The normalized spacial score (nSPS) is 31.2. The van der Waals surface area contributed by atoms with Gasteiger partial charge in [0.25, 0.3) is 6.43 Å². The van der Waals surface area contributed by atoms with Gasteiger partial charge in [0.15, 0.2) is 5.01 Å². The highest BCUT2D eigenvalue weighted by Crippen LogP contribution is 2.45. The molecule has 36 heavy (non-hydrogen) atoms. The summed E-state index contributed by atoms with van der Waals surface area (Å²) in [5, 5.41) is 4.33. The maximum atomic E-state index is 14.4. The maximum absolute atomic E-state index is 14.4. The first kappa shape index (κ1) is 24.4. The number of thiazole rings is 1. The minimum absolute atomic E-state index is 0.0865. The lowest BCUT2D eigenvalue weighted by molar-refractivity contribution is -0.691. The van der Waals surface area contributed by atoms with Crippen molar-refractivity contribution in [2.24, 2.45) is 11.8 Å². The second kappa shape index (κ2) is 10.1. The zero-order valence-electron chi connectivity index (χ0n) is 20.9.